The third kappa shape index (κ3) is 4.53. The van der Waals surface area contributed by atoms with Gasteiger partial charge >= 0.3 is 0 Å². The number of rotatable bonds is 6. The van der Waals surface area contributed by atoms with Crippen molar-refractivity contribution in [2.45, 2.75) is 6.54 Å². The second-order valence-electron chi connectivity index (χ2n) is 4.82. The van der Waals surface area contributed by atoms with E-state index < -0.39 is 0 Å². The number of anilines is 1. The number of hydrogen-bond acceptors (Lipinski definition) is 3. The molecule has 4 nitrogen and oxygen atoms in total. The van der Waals surface area contributed by atoms with Crippen LogP contribution in [0.15, 0.2) is 54.6 Å². The van der Waals surface area contributed by atoms with Crippen molar-refractivity contribution in [1.82, 2.24) is 5.32 Å². The molecule has 110 valence electrons. The summed E-state index contributed by atoms with van der Waals surface area (Å²) in [6.45, 7) is 0.853. The predicted octanol–water partition coefficient (Wildman–Crippen LogP) is 2.45. The highest BCUT2D eigenvalue weighted by Gasteiger charge is 2.06. The summed E-state index contributed by atoms with van der Waals surface area (Å²) in [5.74, 6) is 0.811. The van der Waals surface area contributed by atoms with Crippen molar-refractivity contribution in [1.29, 1.82) is 0 Å². The summed E-state index contributed by atoms with van der Waals surface area (Å²) in [4.78, 5) is 13.9. The van der Waals surface area contributed by atoms with Crippen LogP contribution in [0.5, 0.6) is 5.75 Å². The van der Waals surface area contributed by atoms with Crippen LogP contribution in [0.25, 0.3) is 0 Å². The van der Waals surface area contributed by atoms with Gasteiger partial charge in [-0.2, -0.15) is 0 Å². The van der Waals surface area contributed by atoms with Crippen molar-refractivity contribution in [3.63, 3.8) is 0 Å². The zero-order valence-electron chi connectivity index (χ0n) is 12.4. The fourth-order valence-corrected chi connectivity index (χ4v) is 1.99. The smallest absolute Gasteiger partial charge is 0.239 e. The summed E-state index contributed by atoms with van der Waals surface area (Å²) in [6, 6.07) is 17.5. The topological polar surface area (TPSA) is 41.6 Å². The second-order valence-corrected chi connectivity index (χ2v) is 4.82. The molecule has 0 aromatic heterocycles. The van der Waals surface area contributed by atoms with E-state index in [9.17, 15) is 4.79 Å². The number of methoxy groups -OCH3 is 1. The van der Waals surface area contributed by atoms with Crippen LogP contribution in [0.2, 0.25) is 0 Å². The van der Waals surface area contributed by atoms with Gasteiger partial charge in [-0.25, -0.2) is 0 Å². The average molecular weight is 284 g/mol. The van der Waals surface area contributed by atoms with Crippen LogP contribution >= 0.6 is 0 Å². The lowest BCUT2D eigenvalue weighted by Gasteiger charge is -2.18. The van der Waals surface area contributed by atoms with E-state index in [2.05, 4.69) is 5.32 Å². The minimum atomic E-state index is -0.00262. The van der Waals surface area contributed by atoms with E-state index in [1.54, 1.807) is 7.11 Å². The van der Waals surface area contributed by atoms with Crippen molar-refractivity contribution in [2.24, 2.45) is 0 Å². The number of nitrogens with zero attached hydrogens (tertiary/aromatic N) is 1. The van der Waals surface area contributed by atoms with E-state index in [0.717, 1.165) is 17.0 Å². The van der Waals surface area contributed by atoms with Crippen LogP contribution in [0, 0.1) is 0 Å². The van der Waals surface area contributed by atoms with Crippen LogP contribution in [0.3, 0.4) is 0 Å². The maximum atomic E-state index is 11.9. The van der Waals surface area contributed by atoms with Crippen LogP contribution < -0.4 is 15.0 Å². The third-order valence-electron chi connectivity index (χ3n) is 3.23. The Morgan fingerprint density at radius 2 is 1.76 bits per heavy atom. The Balaban J connectivity index is 1.81. The highest BCUT2D eigenvalue weighted by Crippen LogP contribution is 2.12. The fraction of sp³-hybridized carbons (Fsp3) is 0.235. The van der Waals surface area contributed by atoms with Gasteiger partial charge in [-0.05, 0) is 29.8 Å². The Morgan fingerprint density at radius 1 is 1.10 bits per heavy atom. The molecule has 4 heteroatoms. The summed E-state index contributed by atoms with van der Waals surface area (Å²) in [5.41, 5.74) is 2.07. The standard InChI is InChI=1S/C17H20N2O2/c1-19(15-6-4-3-5-7-15)13-17(20)18-12-14-8-10-16(21-2)11-9-14/h3-11H,12-13H2,1-2H3,(H,18,20). The summed E-state index contributed by atoms with van der Waals surface area (Å²) < 4.78 is 5.10. The number of hydrogen-bond donors (Lipinski definition) is 1. The molecule has 0 aliphatic rings. The first-order valence-electron chi connectivity index (χ1n) is 6.85. The van der Waals surface area contributed by atoms with Gasteiger partial charge in [0.15, 0.2) is 0 Å². The number of ether oxygens (including phenoxy) is 1. The molecule has 2 aromatic carbocycles. The number of nitrogens with one attached hydrogen (secondary N) is 1. The van der Waals surface area contributed by atoms with Gasteiger partial charge < -0.3 is 15.0 Å². The van der Waals surface area contributed by atoms with Crippen molar-refractivity contribution in [3.8, 4) is 5.75 Å². The molecular weight excluding hydrogens is 264 g/mol. The third-order valence-corrected chi connectivity index (χ3v) is 3.23. The van der Waals surface area contributed by atoms with E-state index in [-0.39, 0.29) is 5.91 Å². The molecule has 0 heterocycles. The Bertz CT molecular complexity index is 567. The molecular formula is C17H20N2O2. The van der Waals surface area contributed by atoms with Crippen LogP contribution in [-0.2, 0) is 11.3 Å². The molecule has 2 aromatic rings. The first-order chi connectivity index (χ1) is 10.2. The normalized spacial score (nSPS) is 10.0. The van der Waals surface area contributed by atoms with Crippen molar-refractivity contribution in [3.05, 3.63) is 60.2 Å². The second kappa shape index (κ2) is 7.33. The summed E-state index contributed by atoms with van der Waals surface area (Å²) in [5, 5.41) is 2.92. The van der Waals surface area contributed by atoms with Gasteiger partial charge in [-0.1, -0.05) is 30.3 Å². The van der Waals surface area contributed by atoms with Crippen LogP contribution in [0.4, 0.5) is 5.69 Å². The number of amides is 1. The molecule has 2 rings (SSSR count). The molecule has 0 aliphatic carbocycles. The number of likely N-dealkylation sites (N-methyl/N-ethyl adjacent to an activating group) is 1. The number of benzene rings is 2. The summed E-state index contributed by atoms with van der Waals surface area (Å²) in [6.07, 6.45) is 0. The Hall–Kier alpha value is -2.49. The minimum absolute atomic E-state index is 0.00262. The van der Waals surface area contributed by atoms with Crippen molar-refractivity contribution < 1.29 is 9.53 Å². The van der Waals surface area contributed by atoms with Gasteiger partial charge in [0.05, 0.1) is 13.7 Å². The number of carbonyl (C=O) groups is 1. The molecule has 0 spiro atoms. The maximum Gasteiger partial charge on any atom is 0.239 e. The minimum Gasteiger partial charge on any atom is -0.497 e. The van der Waals surface area contributed by atoms with Crippen molar-refractivity contribution in [2.75, 3.05) is 25.6 Å². The van der Waals surface area contributed by atoms with Gasteiger partial charge in [0, 0.05) is 19.3 Å². The SMILES string of the molecule is COc1ccc(CNC(=O)CN(C)c2ccccc2)cc1. The fourth-order valence-electron chi connectivity index (χ4n) is 1.99. The monoisotopic (exact) mass is 284 g/mol. The molecule has 1 amide bonds. The molecule has 1 N–H and O–H groups in total. The quantitative estimate of drug-likeness (QED) is 0.886. The van der Waals surface area contributed by atoms with Gasteiger partial charge in [0.1, 0.15) is 5.75 Å². The van der Waals surface area contributed by atoms with E-state index in [1.165, 1.54) is 0 Å². The molecule has 0 unspecified atom stereocenters. The lowest BCUT2D eigenvalue weighted by atomic mass is 10.2. The van der Waals surface area contributed by atoms with E-state index in [1.807, 2.05) is 66.5 Å². The Kier molecular flexibility index (Phi) is 5.21. The molecule has 0 atom stereocenters. The zero-order valence-corrected chi connectivity index (χ0v) is 12.4. The molecule has 0 saturated heterocycles. The average Bonchev–Trinajstić information content (AvgIpc) is 2.54. The van der Waals surface area contributed by atoms with E-state index >= 15 is 0 Å². The molecule has 0 aliphatic heterocycles. The van der Waals surface area contributed by atoms with Crippen molar-refractivity contribution >= 4 is 11.6 Å². The lowest BCUT2D eigenvalue weighted by molar-refractivity contribution is -0.119. The summed E-state index contributed by atoms with van der Waals surface area (Å²) >= 11 is 0. The molecule has 0 fully saturated rings. The Morgan fingerprint density at radius 3 is 2.38 bits per heavy atom. The zero-order chi connectivity index (χ0) is 15.1. The highest BCUT2D eigenvalue weighted by molar-refractivity contribution is 5.81. The molecule has 0 saturated carbocycles. The van der Waals surface area contributed by atoms with E-state index in [4.69, 9.17) is 4.74 Å². The highest BCUT2D eigenvalue weighted by atomic mass is 16.5. The Labute approximate surface area is 125 Å². The van der Waals surface area contributed by atoms with Crippen LogP contribution in [-0.4, -0.2) is 26.6 Å². The van der Waals surface area contributed by atoms with Gasteiger partial charge in [-0.15, -0.1) is 0 Å². The molecule has 0 bridgehead atoms. The predicted molar refractivity (Wildman–Crippen MR) is 84.6 cm³/mol. The van der Waals surface area contributed by atoms with Crippen LogP contribution in [0.1, 0.15) is 5.56 Å². The lowest BCUT2D eigenvalue weighted by Crippen LogP contribution is -2.34. The first-order valence-corrected chi connectivity index (χ1v) is 6.85. The molecule has 0 radical (unpaired) electrons. The largest absolute Gasteiger partial charge is 0.497 e. The van der Waals surface area contributed by atoms with E-state index in [0.29, 0.717) is 13.1 Å². The molecule has 21 heavy (non-hydrogen) atoms. The van der Waals surface area contributed by atoms with Gasteiger partial charge in [0.2, 0.25) is 5.91 Å². The maximum absolute atomic E-state index is 11.9. The first kappa shape index (κ1) is 14.9. The van der Waals surface area contributed by atoms with Gasteiger partial charge in [0.25, 0.3) is 0 Å². The number of para-hydroxylation sites is 1. The number of carbonyl (C=O) groups excluding carboxylic acids is 1. The van der Waals surface area contributed by atoms with Gasteiger partial charge in [-0.3, -0.25) is 4.79 Å². The summed E-state index contributed by atoms with van der Waals surface area (Å²) in [7, 11) is 3.54.